The minimum Gasteiger partial charge on any atom is -0.481 e. The van der Waals surface area contributed by atoms with Crippen molar-refractivity contribution in [2.45, 2.75) is 74.8 Å². The second-order valence-electron chi connectivity index (χ2n) is 9.89. The van der Waals surface area contributed by atoms with Crippen LogP contribution in [0, 0.1) is 11.8 Å². The molecule has 5 N–H and O–H groups in total. The maximum Gasteiger partial charge on any atom is 0.333 e. The second kappa shape index (κ2) is 13.5. The van der Waals surface area contributed by atoms with Gasteiger partial charge in [0.25, 0.3) is 0 Å². The zero-order chi connectivity index (χ0) is 27.9. The summed E-state index contributed by atoms with van der Waals surface area (Å²) in [6.07, 6.45) is -1.88. The quantitative estimate of drug-likeness (QED) is 0.150. The van der Waals surface area contributed by atoms with Crippen LogP contribution in [-0.4, -0.2) is 87.5 Å². The van der Waals surface area contributed by atoms with Gasteiger partial charge >= 0.3 is 11.9 Å². The van der Waals surface area contributed by atoms with Gasteiger partial charge in [0, 0.05) is 17.4 Å². The number of aliphatic hydroxyl groups is 4. The molecule has 0 radical (unpaired) electrons. The molecule has 3 rings (SSSR count). The lowest BCUT2D eigenvalue weighted by Crippen LogP contribution is -2.67. The minimum absolute atomic E-state index is 0.0359. The number of aliphatic carboxylic acids is 1. The number of methoxy groups -OCH3 is 1. The molecule has 10 heteroatoms. The van der Waals surface area contributed by atoms with Crippen molar-refractivity contribution in [3.05, 3.63) is 60.2 Å². The molecule has 0 saturated carbocycles. The van der Waals surface area contributed by atoms with Crippen LogP contribution in [0.25, 0.3) is 0 Å². The first-order chi connectivity index (χ1) is 18.2. The van der Waals surface area contributed by atoms with Gasteiger partial charge in [-0.1, -0.05) is 42.5 Å². The number of esters is 1. The van der Waals surface area contributed by atoms with E-state index < -0.39 is 66.7 Å². The first-order valence-corrected chi connectivity index (χ1v) is 12.8. The summed E-state index contributed by atoms with van der Waals surface area (Å²) in [5, 5.41) is 52.2. The van der Waals surface area contributed by atoms with Gasteiger partial charge in [-0.2, -0.15) is 0 Å². The van der Waals surface area contributed by atoms with Crippen molar-refractivity contribution >= 4 is 11.9 Å². The van der Waals surface area contributed by atoms with E-state index in [1.165, 1.54) is 13.2 Å². The Morgan fingerprint density at radius 2 is 1.92 bits per heavy atom. The van der Waals surface area contributed by atoms with E-state index in [0.717, 1.165) is 12.0 Å². The van der Waals surface area contributed by atoms with Crippen molar-refractivity contribution in [1.82, 2.24) is 0 Å². The number of carboxylic acid groups (broad SMARTS) is 1. The molecule has 38 heavy (non-hydrogen) atoms. The van der Waals surface area contributed by atoms with Crippen LogP contribution in [0.4, 0.5) is 0 Å². The third-order valence-corrected chi connectivity index (χ3v) is 7.49. The van der Waals surface area contributed by atoms with Crippen LogP contribution in [0.15, 0.2) is 54.6 Å². The lowest BCUT2D eigenvalue weighted by molar-refractivity contribution is -0.354. The van der Waals surface area contributed by atoms with Gasteiger partial charge in [0.15, 0.2) is 6.29 Å². The van der Waals surface area contributed by atoms with E-state index in [0.29, 0.717) is 12.8 Å². The summed E-state index contributed by atoms with van der Waals surface area (Å²) in [5.74, 6) is -3.24. The number of hydrogen-bond donors (Lipinski definition) is 5. The number of aliphatic hydroxyl groups excluding tert-OH is 3. The molecule has 1 aromatic carbocycles. The van der Waals surface area contributed by atoms with Crippen LogP contribution in [-0.2, 0) is 30.2 Å². The Hall–Kier alpha value is -2.60. The van der Waals surface area contributed by atoms with E-state index in [1.54, 1.807) is 6.08 Å². The zero-order valence-electron chi connectivity index (χ0n) is 21.5. The zero-order valence-corrected chi connectivity index (χ0v) is 21.5. The molecule has 0 amide bonds. The number of benzene rings is 1. The smallest absolute Gasteiger partial charge is 0.333 e. The molecule has 1 fully saturated rings. The van der Waals surface area contributed by atoms with Crippen LogP contribution >= 0.6 is 0 Å². The van der Waals surface area contributed by atoms with E-state index >= 15 is 0 Å². The Balaban J connectivity index is 1.82. The van der Waals surface area contributed by atoms with Crippen molar-refractivity contribution in [2.24, 2.45) is 11.8 Å². The van der Waals surface area contributed by atoms with Crippen molar-refractivity contribution < 1.29 is 49.3 Å². The fraction of sp³-hybridized carbons (Fsp3) is 0.571. The van der Waals surface area contributed by atoms with Crippen molar-refractivity contribution in [3.63, 3.8) is 0 Å². The van der Waals surface area contributed by atoms with Crippen LogP contribution in [0.5, 0.6) is 0 Å². The summed E-state index contributed by atoms with van der Waals surface area (Å²) >= 11 is 0. The number of carbonyl (C=O) groups excluding carboxylic acids is 1. The Labute approximate surface area is 222 Å². The number of ether oxygens (including phenoxy) is 3. The number of rotatable bonds is 12. The van der Waals surface area contributed by atoms with Gasteiger partial charge < -0.3 is 39.7 Å². The topological polar surface area (TPSA) is 163 Å². The highest BCUT2D eigenvalue weighted by atomic mass is 16.7. The van der Waals surface area contributed by atoms with E-state index in [4.69, 9.17) is 14.2 Å². The molecule has 2 aliphatic rings. The van der Waals surface area contributed by atoms with Gasteiger partial charge in [-0.15, -0.1) is 6.58 Å². The number of hydrogen-bond acceptors (Lipinski definition) is 9. The first kappa shape index (κ1) is 29.9. The summed E-state index contributed by atoms with van der Waals surface area (Å²) in [6, 6.07) is 9.80. The molecular weight excluding hydrogens is 496 g/mol. The molecule has 1 aliphatic carbocycles. The highest BCUT2D eigenvalue weighted by Gasteiger charge is 2.56. The summed E-state index contributed by atoms with van der Waals surface area (Å²) in [5.41, 5.74) is -0.687. The van der Waals surface area contributed by atoms with E-state index in [9.17, 15) is 35.1 Å². The molecule has 1 saturated heterocycles. The highest BCUT2D eigenvalue weighted by Crippen LogP contribution is 2.41. The monoisotopic (exact) mass is 534 g/mol. The van der Waals surface area contributed by atoms with Gasteiger partial charge in [-0.05, 0) is 37.7 Å². The summed E-state index contributed by atoms with van der Waals surface area (Å²) in [7, 11) is 1.21. The fourth-order valence-electron chi connectivity index (χ4n) is 5.37. The Kier molecular flexibility index (Phi) is 10.6. The molecule has 10 nitrogen and oxygen atoms in total. The average molecular weight is 535 g/mol. The summed E-state index contributed by atoms with van der Waals surface area (Å²) < 4.78 is 16.8. The van der Waals surface area contributed by atoms with Crippen molar-refractivity contribution in [1.29, 1.82) is 0 Å². The molecule has 1 aromatic rings. The molecule has 1 aliphatic heterocycles. The van der Waals surface area contributed by atoms with E-state index in [-0.39, 0.29) is 24.8 Å². The predicted octanol–water partition coefficient (Wildman–Crippen LogP) is 1.35. The highest BCUT2D eigenvalue weighted by molar-refractivity contribution is 5.90. The number of aryl methyl sites for hydroxylation is 1. The average Bonchev–Trinajstić information content (AvgIpc) is 2.91. The molecule has 0 aromatic heterocycles. The normalized spacial score (nSPS) is 33.3. The van der Waals surface area contributed by atoms with Crippen LogP contribution in [0.3, 0.4) is 0 Å². The third kappa shape index (κ3) is 6.69. The van der Waals surface area contributed by atoms with Gasteiger partial charge in [0.2, 0.25) is 0 Å². The van der Waals surface area contributed by atoms with Crippen LogP contribution < -0.4 is 0 Å². The molecule has 0 bridgehead atoms. The molecule has 0 spiro atoms. The lowest BCUT2D eigenvalue weighted by Gasteiger charge is -2.49. The third-order valence-electron chi connectivity index (χ3n) is 7.49. The van der Waals surface area contributed by atoms with Gasteiger partial charge in [0.05, 0.1) is 26.2 Å². The minimum atomic E-state index is -2.01. The summed E-state index contributed by atoms with van der Waals surface area (Å²) in [6.45, 7) is 3.18. The molecular formula is C28H38O10. The van der Waals surface area contributed by atoms with E-state index in [2.05, 4.69) is 6.58 Å². The number of unbranched alkanes of at least 4 members (excludes halogenated alkanes) is 1. The van der Waals surface area contributed by atoms with Gasteiger partial charge in [-0.3, -0.25) is 4.79 Å². The Morgan fingerprint density at radius 1 is 1.21 bits per heavy atom. The van der Waals surface area contributed by atoms with E-state index in [1.807, 2.05) is 30.3 Å². The van der Waals surface area contributed by atoms with Crippen molar-refractivity contribution in [3.8, 4) is 0 Å². The fourth-order valence-corrected chi connectivity index (χ4v) is 5.37. The Morgan fingerprint density at radius 3 is 2.53 bits per heavy atom. The predicted molar refractivity (Wildman–Crippen MR) is 136 cm³/mol. The maximum absolute atomic E-state index is 12.3. The standard InChI is InChI=1S/C28H38O10/c1-3-18-20(15-23(30)31)19(26(34)36-2)12-13-21(18)37-27-28(35,25(33)24(32)22(16-29)38-27)14-8-7-11-17-9-5-4-6-10-17/h3-6,9-10,12,18,20-22,24-25,27,29,32-33,35H,1,7-8,11,13-16H2,2H3,(H,30,31)/t18-,20+,21-,22-,24-,25+,27+,28-/m1/s1. The molecule has 1 heterocycles. The van der Waals surface area contributed by atoms with Crippen molar-refractivity contribution in [2.75, 3.05) is 13.7 Å². The maximum atomic E-state index is 12.3. The number of carbonyl (C=O) groups is 2. The molecule has 8 atom stereocenters. The molecule has 210 valence electrons. The number of carboxylic acids is 1. The van der Waals surface area contributed by atoms with Gasteiger partial charge in [0.1, 0.15) is 23.9 Å². The SMILES string of the molecule is C=C[C@@H]1[C@H](CC(=O)O)C(C(=O)OC)=CC[C@H]1O[C@H]1O[C@H](CO)[C@@H](O)[C@H](O)[C@]1(O)CCCCc1ccccc1. The lowest BCUT2D eigenvalue weighted by atomic mass is 9.74. The van der Waals surface area contributed by atoms with Gasteiger partial charge in [-0.25, -0.2) is 4.79 Å². The van der Waals surface area contributed by atoms with Crippen LogP contribution in [0.2, 0.25) is 0 Å². The van der Waals surface area contributed by atoms with Crippen LogP contribution in [0.1, 0.15) is 37.7 Å². The largest absolute Gasteiger partial charge is 0.481 e. The Bertz CT molecular complexity index is 979. The molecule has 0 unspecified atom stereocenters. The first-order valence-electron chi connectivity index (χ1n) is 12.8. The second-order valence-corrected chi connectivity index (χ2v) is 9.89. The summed E-state index contributed by atoms with van der Waals surface area (Å²) in [4.78, 5) is 23.9.